The highest BCUT2D eigenvalue weighted by atomic mass is 16.4. The summed E-state index contributed by atoms with van der Waals surface area (Å²) in [6, 6.07) is 0. The van der Waals surface area contributed by atoms with Gasteiger partial charge in [-0.25, -0.2) is 0 Å². The molecule has 0 aromatic rings. The van der Waals surface area contributed by atoms with E-state index in [9.17, 15) is 19.8 Å². The van der Waals surface area contributed by atoms with Crippen LogP contribution in [0.15, 0.2) is 36.5 Å². The van der Waals surface area contributed by atoms with Gasteiger partial charge in [0.05, 0.1) is 18.6 Å². The van der Waals surface area contributed by atoms with Crippen LogP contribution in [0, 0.1) is 0 Å². The van der Waals surface area contributed by atoms with Crippen molar-refractivity contribution in [2.45, 2.75) is 96.2 Å². The average molecular weight is 395 g/mol. The average Bonchev–Trinajstić information content (AvgIpc) is 2.64. The minimum Gasteiger partial charge on any atom is -0.481 e. The maximum atomic E-state index is 11.7. The van der Waals surface area contributed by atoms with Gasteiger partial charge < -0.3 is 15.3 Å². The van der Waals surface area contributed by atoms with Crippen LogP contribution in [-0.4, -0.2) is 39.3 Å². The summed E-state index contributed by atoms with van der Waals surface area (Å²) in [4.78, 5) is 22.1. The van der Waals surface area contributed by atoms with Crippen LogP contribution in [0.2, 0.25) is 0 Å². The Bertz CT molecular complexity index is 493. The van der Waals surface area contributed by atoms with E-state index in [1.54, 1.807) is 6.08 Å². The summed E-state index contributed by atoms with van der Waals surface area (Å²) in [5, 5.41) is 27.6. The van der Waals surface area contributed by atoms with Gasteiger partial charge in [0.15, 0.2) is 5.78 Å². The molecule has 160 valence electrons. The smallest absolute Gasteiger partial charge is 0.306 e. The molecule has 0 aliphatic carbocycles. The van der Waals surface area contributed by atoms with Crippen LogP contribution < -0.4 is 0 Å². The van der Waals surface area contributed by atoms with Crippen molar-refractivity contribution in [3.8, 4) is 0 Å². The molecule has 0 radical (unpaired) electrons. The van der Waals surface area contributed by atoms with Gasteiger partial charge in [0, 0.05) is 6.42 Å². The standard InChI is InChI=1S/C23H38O5/c1-2-3-4-5-6-7-8-9-10-11-12-13-14-15-16-17-20(24)18-21(25)22(26)19-23(27)28/h6-7,9-10,16-17,21-22,25-26H,2-5,8,11-15,18-19H2,1H3,(H,27,28)/b7-6-,10-9-,17-16-. The summed E-state index contributed by atoms with van der Waals surface area (Å²) in [6.45, 7) is 2.22. The Morgan fingerprint density at radius 1 is 0.750 bits per heavy atom. The molecule has 0 saturated heterocycles. The maximum absolute atomic E-state index is 11.7. The second-order valence-corrected chi connectivity index (χ2v) is 7.12. The first-order valence-corrected chi connectivity index (χ1v) is 10.5. The van der Waals surface area contributed by atoms with Gasteiger partial charge in [0.25, 0.3) is 0 Å². The fraction of sp³-hybridized carbons (Fsp3) is 0.652. The number of hydrogen-bond donors (Lipinski definition) is 3. The number of allylic oxidation sites excluding steroid dienone is 6. The molecule has 0 rings (SSSR count). The van der Waals surface area contributed by atoms with E-state index in [4.69, 9.17) is 5.11 Å². The summed E-state index contributed by atoms with van der Waals surface area (Å²) in [6.07, 6.45) is 19.6. The Hall–Kier alpha value is -1.72. The highest BCUT2D eigenvalue weighted by Crippen LogP contribution is 2.07. The molecule has 5 heteroatoms. The van der Waals surface area contributed by atoms with Crippen molar-refractivity contribution >= 4 is 11.8 Å². The molecule has 2 unspecified atom stereocenters. The molecule has 0 aliphatic rings. The van der Waals surface area contributed by atoms with Crippen molar-refractivity contribution in [2.75, 3.05) is 0 Å². The molecule has 0 amide bonds. The van der Waals surface area contributed by atoms with Gasteiger partial charge in [-0.3, -0.25) is 9.59 Å². The molecule has 0 aromatic carbocycles. The lowest BCUT2D eigenvalue weighted by Gasteiger charge is -2.14. The summed E-state index contributed by atoms with van der Waals surface area (Å²) >= 11 is 0. The van der Waals surface area contributed by atoms with Crippen molar-refractivity contribution < 1.29 is 24.9 Å². The molecule has 28 heavy (non-hydrogen) atoms. The molecular weight excluding hydrogens is 356 g/mol. The first-order valence-electron chi connectivity index (χ1n) is 10.5. The van der Waals surface area contributed by atoms with Crippen molar-refractivity contribution in [3.05, 3.63) is 36.5 Å². The molecule has 0 spiro atoms. The Morgan fingerprint density at radius 3 is 1.86 bits per heavy atom. The van der Waals surface area contributed by atoms with E-state index < -0.39 is 24.6 Å². The predicted molar refractivity (Wildman–Crippen MR) is 113 cm³/mol. The molecule has 2 atom stereocenters. The van der Waals surface area contributed by atoms with Gasteiger partial charge in [0.2, 0.25) is 0 Å². The van der Waals surface area contributed by atoms with Crippen molar-refractivity contribution in [2.24, 2.45) is 0 Å². The predicted octanol–water partition coefficient (Wildman–Crippen LogP) is 4.73. The van der Waals surface area contributed by atoms with Crippen LogP contribution in [0.3, 0.4) is 0 Å². The van der Waals surface area contributed by atoms with E-state index in [1.165, 1.54) is 31.8 Å². The molecule has 0 fully saturated rings. The Morgan fingerprint density at radius 2 is 1.29 bits per heavy atom. The normalized spacial score (nSPS) is 14.2. The number of carbonyl (C=O) groups excluding carboxylic acids is 1. The lowest BCUT2D eigenvalue weighted by Crippen LogP contribution is -2.30. The maximum Gasteiger partial charge on any atom is 0.306 e. The minimum atomic E-state index is -1.42. The van der Waals surface area contributed by atoms with E-state index in [2.05, 4.69) is 31.2 Å². The number of rotatable bonds is 18. The first kappa shape index (κ1) is 26.3. The number of unbranched alkanes of at least 4 members (excludes halogenated alkanes) is 7. The number of carbonyl (C=O) groups is 2. The molecule has 3 N–H and O–H groups in total. The second kappa shape index (κ2) is 18.6. The van der Waals surface area contributed by atoms with Crippen LogP contribution in [0.5, 0.6) is 0 Å². The van der Waals surface area contributed by atoms with Crippen LogP contribution in [0.1, 0.15) is 84.0 Å². The fourth-order valence-electron chi connectivity index (χ4n) is 2.66. The molecule has 0 aliphatic heterocycles. The number of ketones is 1. The highest BCUT2D eigenvalue weighted by molar-refractivity contribution is 5.90. The topological polar surface area (TPSA) is 94.8 Å². The molecule has 0 heterocycles. The number of hydrogen-bond acceptors (Lipinski definition) is 4. The number of aliphatic hydroxyl groups is 2. The van der Waals surface area contributed by atoms with Crippen molar-refractivity contribution in [3.63, 3.8) is 0 Å². The van der Waals surface area contributed by atoms with Gasteiger partial charge in [-0.15, -0.1) is 0 Å². The Balaban J connectivity index is 3.62. The van der Waals surface area contributed by atoms with Crippen LogP contribution in [0.25, 0.3) is 0 Å². The van der Waals surface area contributed by atoms with Gasteiger partial charge in [-0.05, 0) is 51.0 Å². The lowest BCUT2D eigenvalue weighted by atomic mass is 10.0. The van der Waals surface area contributed by atoms with Gasteiger partial charge in [-0.1, -0.05) is 56.6 Å². The highest BCUT2D eigenvalue weighted by Gasteiger charge is 2.21. The molecule has 0 saturated carbocycles. The zero-order valence-electron chi connectivity index (χ0n) is 17.3. The minimum absolute atomic E-state index is 0.261. The number of carboxylic acids is 1. The van der Waals surface area contributed by atoms with Crippen LogP contribution >= 0.6 is 0 Å². The Kier molecular flexibility index (Phi) is 17.5. The molecule has 0 aromatic heterocycles. The van der Waals surface area contributed by atoms with E-state index in [0.717, 1.165) is 38.5 Å². The molecule has 5 nitrogen and oxygen atoms in total. The first-order chi connectivity index (χ1) is 13.5. The zero-order chi connectivity index (χ0) is 21.0. The monoisotopic (exact) mass is 394 g/mol. The van der Waals surface area contributed by atoms with Gasteiger partial charge in [0.1, 0.15) is 0 Å². The number of carboxylic acid groups (broad SMARTS) is 1. The van der Waals surface area contributed by atoms with Crippen molar-refractivity contribution in [1.29, 1.82) is 0 Å². The summed E-state index contributed by atoms with van der Waals surface area (Å²) in [7, 11) is 0. The van der Waals surface area contributed by atoms with Crippen molar-refractivity contribution in [1.82, 2.24) is 0 Å². The fourth-order valence-corrected chi connectivity index (χ4v) is 2.66. The quantitative estimate of drug-likeness (QED) is 0.177. The lowest BCUT2D eigenvalue weighted by molar-refractivity contribution is -0.141. The molecular formula is C23H38O5. The Labute approximate surface area is 169 Å². The van der Waals surface area contributed by atoms with E-state index >= 15 is 0 Å². The van der Waals surface area contributed by atoms with Crippen LogP contribution in [-0.2, 0) is 9.59 Å². The van der Waals surface area contributed by atoms with Gasteiger partial charge in [-0.2, -0.15) is 0 Å². The summed E-state index contributed by atoms with van der Waals surface area (Å²) in [5.41, 5.74) is 0. The molecule has 0 bridgehead atoms. The summed E-state index contributed by atoms with van der Waals surface area (Å²) in [5.74, 6) is -1.51. The van der Waals surface area contributed by atoms with E-state index in [0.29, 0.717) is 0 Å². The SMILES string of the molecule is CCCCC/C=C\C/C=C\CCCCC/C=C\C(=O)CC(O)C(O)CC(=O)O. The number of aliphatic carboxylic acids is 1. The van der Waals surface area contributed by atoms with Crippen LogP contribution in [0.4, 0.5) is 0 Å². The third kappa shape index (κ3) is 17.7. The van der Waals surface area contributed by atoms with E-state index in [-0.39, 0.29) is 12.2 Å². The summed E-state index contributed by atoms with van der Waals surface area (Å²) < 4.78 is 0. The largest absolute Gasteiger partial charge is 0.481 e. The zero-order valence-corrected chi connectivity index (χ0v) is 17.3. The second-order valence-electron chi connectivity index (χ2n) is 7.12. The third-order valence-electron chi connectivity index (χ3n) is 4.36. The van der Waals surface area contributed by atoms with E-state index in [1.807, 2.05) is 0 Å². The third-order valence-corrected chi connectivity index (χ3v) is 4.36. The van der Waals surface area contributed by atoms with Gasteiger partial charge >= 0.3 is 5.97 Å². The number of aliphatic hydroxyl groups excluding tert-OH is 2.